The summed E-state index contributed by atoms with van der Waals surface area (Å²) in [5, 5.41) is 7.74. The van der Waals surface area contributed by atoms with Crippen LogP contribution in [0.1, 0.15) is 40.1 Å². The lowest BCUT2D eigenvalue weighted by Gasteiger charge is -2.04. The second-order valence-corrected chi connectivity index (χ2v) is 5.72. The third-order valence-electron chi connectivity index (χ3n) is 3.06. The van der Waals surface area contributed by atoms with Crippen LogP contribution in [0.3, 0.4) is 0 Å². The SMILES string of the molecule is CC(=O)c1c(C)nn(CCC(=O)Nc2nsc(C)n2)c1C. The van der Waals surface area contributed by atoms with Crippen LogP contribution in [0.4, 0.5) is 5.95 Å². The van der Waals surface area contributed by atoms with E-state index in [0.717, 1.165) is 10.7 Å². The lowest BCUT2D eigenvalue weighted by molar-refractivity contribution is -0.116. The van der Waals surface area contributed by atoms with Gasteiger partial charge in [0.25, 0.3) is 0 Å². The van der Waals surface area contributed by atoms with Crippen LogP contribution in [0.25, 0.3) is 0 Å². The van der Waals surface area contributed by atoms with Gasteiger partial charge in [0.2, 0.25) is 11.9 Å². The maximum atomic E-state index is 11.8. The van der Waals surface area contributed by atoms with Gasteiger partial charge in [0.15, 0.2) is 5.78 Å². The molecule has 2 rings (SSSR count). The summed E-state index contributed by atoms with van der Waals surface area (Å²) in [4.78, 5) is 27.4. The number of hydrogen-bond acceptors (Lipinski definition) is 6. The number of rotatable bonds is 5. The van der Waals surface area contributed by atoms with Gasteiger partial charge in [-0.15, -0.1) is 0 Å². The molecule has 1 N–H and O–H groups in total. The highest BCUT2D eigenvalue weighted by atomic mass is 32.1. The van der Waals surface area contributed by atoms with Gasteiger partial charge < -0.3 is 0 Å². The molecular formula is C13H17N5O2S. The smallest absolute Gasteiger partial charge is 0.241 e. The lowest BCUT2D eigenvalue weighted by Crippen LogP contribution is -2.16. The topological polar surface area (TPSA) is 89.8 Å². The van der Waals surface area contributed by atoms with Crippen molar-refractivity contribution in [3.63, 3.8) is 0 Å². The molecule has 112 valence electrons. The van der Waals surface area contributed by atoms with E-state index in [1.165, 1.54) is 18.5 Å². The molecule has 0 aliphatic heterocycles. The number of aryl methyl sites for hydroxylation is 3. The first-order chi connectivity index (χ1) is 9.88. The summed E-state index contributed by atoms with van der Waals surface area (Å²) in [6.45, 7) is 7.38. The molecule has 0 aliphatic rings. The van der Waals surface area contributed by atoms with Crippen LogP contribution in [0.15, 0.2) is 0 Å². The Bertz CT molecular complexity index is 689. The molecule has 0 radical (unpaired) electrons. The van der Waals surface area contributed by atoms with Gasteiger partial charge in [-0.3, -0.25) is 19.6 Å². The molecule has 8 heteroatoms. The van der Waals surface area contributed by atoms with E-state index in [-0.39, 0.29) is 18.1 Å². The summed E-state index contributed by atoms with van der Waals surface area (Å²) in [6.07, 6.45) is 0.248. The molecule has 2 heterocycles. The van der Waals surface area contributed by atoms with Crippen molar-refractivity contribution in [1.29, 1.82) is 0 Å². The van der Waals surface area contributed by atoms with E-state index in [0.29, 0.717) is 23.8 Å². The first-order valence-corrected chi connectivity index (χ1v) is 7.31. The molecule has 2 aromatic heterocycles. The number of aromatic nitrogens is 4. The Morgan fingerprint density at radius 2 is 2.00 bits per heavy atom. The number of carbonyl (C=O) groups is 2. The van der Waals surface area contributed by atoms with Crippen molar-refractivity contribution in [3.05, 3.63) is 22.0 Å². The van der Waals surface area contributed by atoms with Gasteiger partial charge in [-0.05, 0) is 39.2 Å². The molecule has 2 aromatic rings. The summed E-state index contributed by atoms with van der Waals surface area (Å²) in [5.41, 5.74) is 2.11. The van der Waals surface area contributed by atoms with Crippen LogP contribution in [0, 0.1) is 20.8 Å². The summed E-state index contributed by atoms with van der Waals surface area (Å²) in [6, 6.07) is 0. The molecule has 1 amide bonds. The van der Waals surface area contributed by atoms with Crippen LogP contribution in [-0.4, -0.2) is 30.8 Å². The fraction of sp³-hybridized carbons (Fsp3) is 0.462. The monoisotopic (exact) mass is 307 g/mol. The number of Topliss-reactive ketones (excluding diaryl/α,β-unsaturated/α-hetero) is 1. The zero-order valence-electron chi connectivity index (χ0n) is 12.4. The van der Waals surface area contributed by atoms with E-state index in [4.69, 9.17) is 0 Å². The molecule has 7 nitrogen and oxygen atoms in total. The fourth-order valence-corrected chi connectivity index (χ4v) is 2.60. The molecular weight excluding hydrogens is 290 g/mol. The molecule has 0 fully saturated rings. The zero-order valence-corrected chi connectivity index (χ0v) is 13.2. The molecule has 0 atom stereocenters. The van der Waals surface area contributed by atoms with Gasteiger partial charge in [-0.2, -0.15) is 9.47 Å². The largest absolute Gasteiger partial charge is 0.294 e. The van der Waals surface area contributed by atoms with Gasteiger partial charge in [0.05, 0.1) is 11.3 Å². The molecule has 0 saturated carbocycles. The highest BCUT2D eigenvalue weighted by Gasteiger charge is 2.16. The number of carbonyl (C=O) groups excluding carboxylic acids is 2. The molecule has 0 bridgehead atoms. The maximum Gasteiger partial charge on any atom is 0.241 e. The van der Waals surface area contributed by atoms with Crippen molar-refractivity contribution in [2.75, 3.05) is 5.32 Å². The predicted molar refractivity (Wildman–Crippen MR) is 79.6 cm³/mol. The van der Waals surface area contributed by atoms with E-state index in [2.05, 4.69) is 19.8 Å². The van der Waals surface area contributed by atoms with Crippen molar-refractivity contribution in [2.24, 2.45) is 0 Å². The van der Waals surface area contributed by atoms with Crippen molar-refractivity contribution in [1.82, 2.24) is 19.1 Å². The predicted octanol–water partition coefficient (Wildman–Crippen LogP) is 1.89. The number of anilines is 1. The second-order valence-electron chi connectivity index (χ2n) is 4.76. The molecule has 0 saturated heterocycles. The van der Waals surface area contributed by atoms with Gasteiger partial charge in [-0.1, -0.05) is 0 Å². The average Bonchev–Trinajstić information content (AvgIpc) is 2.90. The van der Waals surface area contributed by atoms with E-state index >= 15 is 0 Å². The van der Waals surface area contributed by atoms with Crippen molar-refractivity contribution in [2.45, 2.75) is 40.7 Å². The maximum absolute atomic E-state index is 11.8. The minimum absolute atomic E-state index is 0.0113. The number of ketones is 1. The minimum atomic E-state index is -0.176. The summed E-state index contributed by atoms with van der Waals surface area (Å²) < 4.78 is 5.69. The van der Waals surface area contributed by atoms with E-state index in [1.54, 1.807) is 11.6 Å². The van der Waals surface area contributed by atoms with Crippen molar-refractivity contribution < 1.29 is 9.59 Å². The van der Waals surface area contributed by atoms with Crippen LogP contribution in [-0.2, 0) is 11.3 Å². The second kappa shape index (κ2) is 6.13. The molecule has 0 aliphatic carbocycles. The molecule has 21 heavy (non-hydrogen) atoms. The van der Waals surface area contributed by atoms with Crippen LogP contribution in [0.2, 0.25) is 0 Å². The molecule has 0 aromatic carbocycles. The number of nitrogens with zero attached hydrogens (tertiary/aromatic N) is 4. The quantitative estimate of drug-likeness (QED) is 0.852. The Hall–Kier alpha value is -2.09. The van der Waals surface area contributed by atoms with Crippen molar-refractivity contribution in [3.8, 4) is 0 Å². The Kier molecular flexibility index (Phi) is 4.46. The van der Waals surface area contributed by atoms with E-state index < -0.39 is 0 Å². The number of hydrogen-bond donors (Lipinski definition) is 1. The van der Waals surface area contributed by atoms with Crippen LogP contribution >= 0.6 is 11.5 Å². The Labute approximate surface area is 126 Å². The Balaban J connectivity index is 1.98. The fourth-order valence-electron chi connectivity index (χ4n) is 2.17. The zero-order chi connectivity index (χ0) is 15.6. The van der Waals surface area contributed by atoms with Gasteiger partial charge in [0, 0.05) is 18.7 Å². The summed E-state index contributed by atoms with van der Waals surface area (Å²) in [7, 11) is 0. The third kappa shape index (κ3) is 3.52. The highest BCUT2D eigenvalue weighted by Crippen LogP contribution is 2.14. The molecule has 0 unspecified atom stereocenters. The minimum Gasteiger partial charge on any atom is -0.294 e. The number of nitrogens with one attached hydrogen (secondary N) is 1. The summed E-state index contributed by atoms with van der Waals surface area (Å²) in [5.74, 6) is 0.146. The first kappa shape index (κ1) is 15.3. The first-order valence-electron chi connectivity index (χ1n) is 6.53. The van der Waals surface area contributed by atoms with Gasteiger partial charge in [0.1, 0.15) is 5.01 Å². The van der Waals surface area contributed by atoms with Crippen LogP contribution in [0.5, 0.6) is 0 Å². The Morgan fingerprint density at radius 3 is 2.52 bits per heavy atom. The highest BCUT2D eigenvalue weighted by molar-refractivity contribution is 7.05. The van der Waals surface area contributed by atoms with E-state index in [1.807, 2.05) is 13.8 Å². The normalized spacial score (nSPS) is 10.7. The van der Waals surface area contributed by atoms with Crippen LogP contribution < -0.4 is 5.32 Å². The van der Waals surface area contributed by atoms with Gasteiger partial charge in [-0.25, -0.2) is 4.98 Å². The third-order valence-corrected chi connectivity index (χ3v) is 3.68. The Morgan fingerprint density at radius 1 is 1.29 bits per heavy atom. The molecule has 0 spiro atoms. The lowest BCUT2D eigenvalue weighted by atomic mass is 10.1. The standard InChI is InChI=1S/C13H17N5O2S/c1-7-12(9(3)19)8(2)18(16-7)6-5-11(20)15-13-14-10(4)21-17-13/h5-6H2,1-4H3,(H,15,17,20). The number of amides is 1. The summed E-state index contributed by atoms with van der Waals surface area (Å²) >= 11 is 1.24. The van der Waals surface area contributed by atoms with E-state index in [9.17, 15) is 9.59 Å². The van der Waals surface area contributed by atoms with Crippen molar-refractivity contribution >= 4 is 29.2 Å². The average molecular weight is 307 g/mol. The van der Waals surface area contributed by atoms with Gasteiger partial charge >= 0.3 is 0 Å².